The average molecular weight is 473 g/mol. The van der Waals surface area contributed by atoms with Crippen molar-refractivity contribution in [3.63, 3.8) is 0 Å². The van der Waals surface area contributed by atoms with Gasteiger partial charge in [0, 0.05) is 46.8 Å². The SMILES string of the molecule is Cc1ccccc1OCC(O)Cn1c(N2CCN(CCO)CC2)nc2c1c(=O)n(C)c(=O)n2C. The van der Waals surface area contributed by atoms with Gasteiger partial charge in [-0.3, -0.25) is 18.8 Å². The molecule has 1 aliphatic rings. The molecule has 4 rings (SSSR count). The van der Waals surface area contributed by atoms with Gasteiger partial charge >= 0.3 is 5.69 Å². The highest BCUT2D eigenvalue weighted by atomic mass is 16.5. The Hall–Kier alpha value is -3.15. The highest BCUT2D eigenvalue weighted by Gasteiger charge is 2.26. The summed E-state index contributed by atoms with van der Waals surface area (Å²) in [6.45, 7) is 5.53. The van der Waals surface area contributed by atoms with Crippen molar-refractivity contribution < 1.29 is 14.9 Å². The zero-order valence-corrected chi connectivity index (χ0v) is 19.8. The molecule has 11 nitrogen and oxygen atoms in total. The molecule has 2 N–H and O–H groups in total. The van der Waals surface area contributed by atoms with Crippen molar-refractivity contribution in [1.29, 1.82) is 0 Å². The Bertz CT molecular complexity index is 1270. The average Bonchev–Trinajstić information content (AvgIpc) is 3.20. The molecule has 0 amide bonds. The van der Waals surface area contributed by atoms with Crippen molar-refractivity contribution in [2.45, 2.75) is 19.6 Å². The number of nitrogens with zero attached hydrogens (tertiary/aromatic N) is 6. The van der Waals surface area contributed by atoms with Gasteiger partial charge in [0.2, 0.25) is 5.95 Å². The van der Waals surface area contributed by atoms with E-state index in [-0.39, 0.29) is 30.9 Å². The number of aliphatic hydroxyl groups is 2. The van der Waals surface area contributed by atoms with Gasteiger partial charge < -0.3 is 24.4 Å². The maximum atomic E-state index is 13.1. The number of hydrogen-bond donors (Lipinski definition) is 2. The third kappa shape index (κ3) is 4.59. The first-order valence-corrected chi connectivity index (χ1v) is 11.4. The molecule has 1 aromatic carbocycles. The van der Waals surface area contributed by atoms with Crippen molar-refractivity contribution in [2.75, 3.05) is 50.8 Å². The molecule has 0 saturated carbocycles. The number of aryl methyl sites for hydroxylation is 2. The van der Waals surface area contributed by atoms with Crippen LogP contribution in [-0.2, 0) is 20.6 Å². The van der Waals surface area contributed by atoms with E-state index in [9.17, 15) is 19.8 Å². The number of rotatable bonds is 8. The largest absolute Gasteiger partial charge is 0.491 e. The number of aromatic nitrogens is 4. The van der Waals surface area contributed by atoms with Gasteiger partial charge in [-0.2, -0.15) is 4.98 Å². The lowest BCUT2D eigenvalue weighted by atomic mass is 10.2. The highest BCUT2D eigenvalue weighted by Crippen LogP contribution is 2.22. The van der Waals surface area contributed by atoms with Crippen LogP contribution >= 0.6 is 0 Å². The summed E-state index contributed by atoms with van der Waals surface area (Å²) in [6.07, 6.45) is -0.909. The quantitative estimate of drug-likeness (QED) is 0.442. The second-order valence-corrected chi connectivity index (χ2v) is 8.68. The van der Waals surface area contributed by atoms with Crippen LogP contribution in [0, 0.1) is 6.92 Å². The van der Waals surface area contributed by atoms with Crippen molar-refractivity contribution in [3.8, 4) is 5.75 Å². The Balaban J connectivity index is 1.67. The number of imidazole rings is 1. The zero-order chi connectivity index (χ0) is 24.4. The summed E-state index contributed by atoms with van der Waals surface area (Å²) in [4.78, 5) is 34.5. The summed E-state index contributed by atoms with van der Waals surface area (Å²) in [5, 5.41) is 20.1. The third-order valence-electron chi connectivity index (χ3n) is 6.32. The molecule has 184 valence electrons. The van der Waals surface area contributed by atoms with E-state index in [4.69, 9.17) is 4.74 Å². The first-order valence-electron chi connectivity index (χ1n) is 11.4. The fourth-order valence-electron chi connectivity index (χ4n) is 4.33. The van der Waals surface area contributed by atoms with Gasteiger partial charge in [-0.05, 0) is 18.6 Å². The highest BCUT2D eigenvalue weighted by molar-refractivity contribution is 5.74. The van der Waals surface area contributed by atoms with E-state index in [2.05, 4.69) is 9.88 Å². The van der Waals surface area contributed by atoms with E-state index in [1.54, 1.807) is 11.6 Å². The molecule has 0 bridgehead atoms. The summed E-state index contributed by atoms with van der Waals surface area (Å²) in [7, 11) is 3.02. The molecule has 0 aliphatic carbocycles. The van der Waals surface area contributed by atoms with Crippen LogP contribution in [0.4, 0.5) is 5.95 Å². The summed E-state index contributed by atoms with van der Waals surface area (Å²) in [5.74, 6) is 1.22. The number of para-hydroxylation sites is 1. The van der Waals surface area contributed by atoms with Crippen LogP contribution in [-0.4, -0.2) is 85.8 Å². The molecule has 34 heavy (non-hydrogen) atoms. The molecule has 2 aromatic heterocycles. The Labute approximate surface area is 197 Å². The third-order valence-corrected chi connectivity index (χ3v) is 6.32. The number of ether oxygens (including phenoxy) is 1. The minimum absolute atomic E-state index is 0.0420. The molecule has 3 aromatic rings. The lowest BCUT2D eigenvalue weighted by molar-refractivity contribution is 0.0931. The van der Waals surface area contributed by atoms with Crippen LogP contribution in [0.15, 0.2) is 33.9 Å². The van der Waals surface area contributed by atoms with E-state index in [0.29, 0.717) is 31.3 Å². The summed E-state index contributed by atoms with van der Waals surface area (Å²) < 4.78 is 9.93. The number of piperazine rings is 1. The Kier molecular flexibility index (Phi) is 7.05. The van der Waals surface area contributed by atoms with Crippen molar-refractivity contribution in [1.82, 2.24) is 23.6 Å². The molecule has 0 spiro atoms. The second-order valence-electron chi connectivity index (χ2n) is 8.68. The van der Waals surface area contributed by atoms with Crippen LogP contribution in [0.25, 0.3) is 11.2 Å². The van der Waals surface area contributed by atoms with Crippen LogP contribution in [0.3, 0.4) is 0 Å². The summed E-state index contributed by atoms with van der Waals surface area (Å²) >= 11 is 0. The van der Waals surface area contributed by atoms with E-state index >= 15 is 0 Å². The first kappa shape index (κ1) is 24.0. The Morgan fingerprint density at radius 3 is 2.47 bits per heavy atom. The smallest absolute Gasteiger partial charge is 0.332 e. The molecular formula is C23H32N6O5. The minimum atomic E-state index is -0.909. The monoisotopic (exact) mass is 472 g/mol. The van der Waals surface area contributed by atoms with E-state index in [1.165, 1.54) is 11.6 Å². The summed E-state index contributed by atoms with van der Waals surface area (Å²) in [6, 6.07) is 7.57. The molecular weight excluding hydrogens is 440 g/mol. The van der Waals surface area contributed by atoms with Crippen LogP contribution in [0.1, 0.15) is 5.56 Å². The predicted molar refractivity (Wildman–Crippen MR) is 129 cm³/mol. The molecule has 1 unspecified atom stereocenters. The van der Waals surface area contributed by atoms with Crippen LogP contribution < -0.4 is 20.9 Å². The molecule has 0 radical (unpaired) electrons. The maximum absolute atomic E-state index is 13.1. The number of fused-ring (bicyclic) bond motifs is 1. The number of hydrogen-bond acceptors (Lipinski definition) is 8. The molecule has 1 atom stereocenters. The normalized spacial score (nSPS) is 15.7. The number of anilines is 1. The Morgan fingerprint density at radius 1 is 1.09 bits per heavy atom. The summed E-state index contributed by atoms with van der Waals surface area (Å²) in [5.41, 5.74) is 0.612. The molecule has 3 heterocycles. The lowest BCUT2D eigenvalue weighted by Crippen LogP contribution is -2.48. The van der Waals surface area contributed by atoms with E-state index in [1.807, 2.05) is 36.1 Å². The van der Waals surface area contributed by atoms with Crippen molar-refractivity contribution in [3.05, 3.63) is 50.7 Å². The van der Waals surface area contributed by atoms with Crippen LogP contribution in [0.2, 0.25) is 0 Å². The number of benzene rings is 1. The van der Waals surface area contributed by atoms with Gasteiger partial charge in [-0.25, -0.2) is 4.79 Å². The lowest BCUT2D eigenvalue weighted by Gasteiger charge is -2.35. The molecule has 1 saturated heterocycles. The molecule has 1 aliphatic heterocycles. The molecule has 11 heteroatoms. The fraction of sp³-hybridized carbons (Fsp3) is 0.522. The maximum Gasteiger partial charge on any atom is 0.332 e. The van der Waals surface area contributed by atoms with Gasteiger partial charge in [-0.15, -0.1) is 0 Å². The standard InChI is InChI=1S/C23H32N6O5/c1-16-6-4-5-7-18(16)34-15-17(31)14-29-19-20(25(2)23(33)26(3)21(19)32)24-22(29)28-10-8-27(9-11-28)12-13-30/h4-7,17,30-31H,8-15H2,1-3H3. The van der Waals surface area contributed by atoms with Gasteiger partial charge in [0.15, 0.2) is 11.2 Å². The fourth-order valence-corrected chi connectivity index (χ4v) is 4.33. The van der Waals surface area contributed by atoms with Gasteiger partial charge in [0.05, 0.1) is 13.2 Å². The minimum Gasteiger partial charge on any atom is -0.491 e. The first-order chi connectivity index (χ1) is 16.3. The molecule has 1 fully saturated rings. The second kappa shape index (κ2) is 10.00. The predicted octanol–water partition coefficient (Wildman–Crippen LogP) is -0.704. The number of aliphatic hydroxyl groups excluding tert-OH is 2. The van der Waals surface area contributed by atoms with Crippen LogP contribution in [0.5, 0.6) is 5.75 Å². The van der Waals surface area contributed by atoms with E-state index < -0.39 is 17.4 Å². The van der Waals surface area contributed by atoms with E-state index in [0.717, 1.165) is 23.2 Å². The van der Waals surface area contributed by atoms with Crippen molar-refractivity contribution >= 4 is 17.1 Å². The topological polar surface area (TPSA) is 118 Å². The van der Waals surface area contributed by atoms with Gasteiger partial charge in [-0.1, -0.05) is 18.2 Å². The number of β-amino-alcohol motifs (C(OH)–C–C–N with tert-alkyl or cyclic N) is 1. The van der Waals surface area contributed by atoms with Crippen molar-refractivity contribution in [2.24, 2.45) is 14.1 Å². The van der Waals surface area contributed by atoms with Gasteiger partial charge in [0.25, 0.3) is 5.56 Å². The zero-order valence-electron chi connectivity index (χ0n) is 19.8. The Morgan fingerprint density at radius 2 is 1.79 bits per heavy atom. The van der Waals surface area contributed by atoms with Gasteiger partial charge in [0.1, 0.15) is 18.5 Å².